The van der Waals surface area contributed by atoms with Crippen molar-refractivity contribution in [3.8, 4) is 11.8 Å². The third-order valence-electron chi connectivity index (χ3n) is 1.62. The Balaban J connectivity index is 2.47. The molecule has 1 aromatic carbocycles. The van der Waals surface area contributed by atoms with E-state index in [0.29, 0.717) is 0 Å². The number of halogens is 4. The number of benzene rings is 1. The van der Waals surface area contributed by atoms with Crippen LogP contribution in [0.2, 0.25) is 0 Å². The molecule has 0 aliphatic rings. The van der Waals surface area contributed by atoms with Crippen LogP contribution in [0.4, 0.5) is 0 Å². The van der Waals surface area contributed by atoms with E-state index in [1.807, 2.05) is 24.3 Å². The molecule has 1 aromatic rings. The van der Waals surface area contributed by atoms with E-state index in [9.17, 15) is 0 Å². The quantitative estimate of drug-likeness (QED) is 0.349. The molecule has 1 N–H and O–H groups in total. The van der Waals surface area contributed by atoms with Crippen molar-refractivity contribution in [2.75, 3.05) is 6.61 Å². The average molecular weight is 355 g/mol. The van der Waals surface area contributed by atoms with Gasteiger partial charge < -0.3 is 4.74 Å². The molecule has 0 saturated carbocycles. The molecule has 0 atom stereocenters. The molecule has 0 aliphatic carbocycles. The zero-order valence-corrected chi connectivity index (χ0v) is 12.3. The van der Waals surface area contributed by atoms with Crippen LogP contribution in [-0.4, -0.2) is 16.3 Å². The standard InChI is InChI=1S/C11H7BrCl3NO/c12-9-5-3-8(4-6-9)2-1-7-17-10(16)11(13,14)15/h3-6,16H,7H2. The highest BCUT2D eigenvalue weighted by molar-refractivity contribution is 9.10. The number of ether oxygens (including phenoxy) is 1. The van der Waals surface area contributed by atoms with Gasteiger partial charge in [0.1, 0.15) is 0 Å². The summed E-state index contributed by atoms with van der Waals surface area (Å²) < 4.78 is 4.01. The maximum absolute atomic E-state index is 7.26. The molecule has 0 heterocycles. The highest BCUT2D eigenvalue weighted by Gasteiger charge is 2.28. The van der Waals surface area contributed by atoms with Gasteiger partial charge in [-0.1, -0.05) is 62.6 Å². The number of hydrogen-bond donors (Lipinski definition) is 1. The Morgan fingerprint density at radius 1 is 1.29 bits per heavy atom. The van der Waals surface area contributed by atoms with E-state index in [-0.39, 0.29) is 6.61 Å². The topological polar surface area (TPSA) is 33.1 Å². The summed E-state index contributed by atoms with van der Waals surface area (Å²) in [5, 5.41) is 7.26. The molecule has 90 valence electrons. The average Bonchev–Trinajstić information content (AvgIpc) is 2.25. The second-order valence-corrected chi connectivity index (χ2v) is 6.12. The SMILES string of the molecule is N=C(OCC#Cc1ccc(Br)cc1)C(Cl)(Cl)Cl. The van der Waals surface area contributed by atoms with Crippen LogP contribution in [-0.2, 0) is 4.74 Å². The maximum atomic E-state index is 7.26. The predicted molar refractivity (Wildman–Crippen MR) is 75.0 cm³/mol. The van der Waals surface area contributed by atoms with E-state index >= 15 is 0 Å². The van der Waals surface area contributed by atoms with E-state index < -0.39 is 9.69 Å². The van der Waals surface area contributed by atoms with Gasteiger partial charge in [0.05, 0.1) is 0 Å². The first-order valence-corrected chi connectivity index (χ1v) is 6.35. The second kappa shape index (κ2) is 6.51. The molecule has 0 bridgehead atoms. The maximum Gasteiger partial charge on any atom is 0.265 e. The fourth-order valence-corrected chi connectivity index (χ4v) is 1.29. The smallest absolute Gasteiger partial charge is 0.265 e. The zero-order chi connectivity index (χ0) is 12.9. The van der Waals surface area contributed by atoms with Crippen molar-refractivity contribution in [1.82, 2.24) is 0 Å². The highest BCUT2D eigenvalue weighted by Crippen LogP contribution is 2.27. The largest absolute Gasteiger partial charge is 0.465 e. The van der Waals surface area contributed by atoms with Crippen molar-refractivity contribution < 1.29 is 4.74 Å². The van der Waals surface area contributed by atoms with Crippen molar-refractivity contribution in [1.29, 1.82) is 5.41 Å². The van der Waals surface area contributed by atoms with Gasteiger partial charge >= 0.3 is 0 Å². The first-order valence-electron chi connectivity index (χ1n) is 4.42. The van der Waals surface area contributed by atoms with Gasteiger partial charge in [-0.25, -0.2) is 0 Å². The molecule has 0 radical (unpaired) electrons. The predicted octanol–water partition coefficient (Wildman–Crippen LogP) is 4.16. The van der Waals surface area contributed by atoms with E-state index in [1.54, 1.807) is 0 Å². The van der Waals surface area contributed by atoms with Gasteiger partial charge in [-0.05, 0) is 24.3 Å². The van der Waals surface area contributed by atoms with Crippen LogP contribution in [0.15, 0.2) is 28.7 Å². The summed E-state index contributed by atoms with van der Waals surface area (Å²) in [5.74, 6) is 5.14. The van der Waals surface area contributed by atoms with E-state index in [0.717, 1.165) is 10.0 Å². The van der Waals surface area contributed by atoms with Crippen LogP contribution in [0.3, 0.4) is 0 Å². The summed E-state index contributed by atoms with van der Waals surface area (Å²) in [4.78, 5) is 0. The van der Waals surface area contributed by atoms with Crippen molar-refractivity contribution in [2.45, 2.75) is 3.79 Å². The summed E-state index contributed by atoms with van der Waals surface area (Å²) >= 11 is 19.6. The molecule has 0 amide bonds. The Labute approximate surface area is 123 Å². The van der Waals surface area contributed by atoms with Crippen molar-refractivity contribution >= 4 is 56.6 Å². The molecule has 0 unspecified atom stereocenters. The van der Waals surface area contributed by atoms with Gasteiger partial charge in [-0.2, -0.15) is 0 Å². The number of rotatable bonds is 1. The van der Waals surface area contributed by atoms with Gasteiger partial charge in [-0.3, -0.25) is 5.41 Å². The lowest BCUT2D eigenvalue weighted by atomic mass is 10.2. The second-order valence-electron chi connectivity index (χ2n) is 2.92. The molecule has 6 heteroatoms. The normalized spacial score (nSPS) is 10.4. The molecule has 2 nitrogen and oxygen atoms in total. The van der Waals surface area contributed by atoms with Crippen LogP contribution in [0, 0.1) is 17.3 Å². The molecule has 0 aliphatic heterocycles. The van der Waals surface area contributed by atoms with Gasteiger partial charge in [0, 0.05) is 10.0 Å². The first-order chi connectivity index (χ1) is 7.89. The van der Waals surface area contributed by atoms with E-state index in [2.05, 4.69) is 27.8 Å². The monoisotopic (exact) mass is 353 g/mol. The number of nitrogens with one attached hydrogen (secondary N) is 1. The lowest BCUT2D eigenvalue weighted by Gasteiger charge is -2.10. The Bertz CT molecular complexity index is 456. The lowest BCUT2D eigenvalue weighted by molar-refractivity contribution is 0.347. The Morgan fingerprint density at radius 2 is 1.88 bits per heavy atom. The minimum atomic E-state index is -1.83. The minimum Gasteiger partial charge on any atom is -0.465 e. The molecular weight excluding hydrogens is 348 g/mol. The van der Waals surface area contributed by atoms with E-state index in [1.165, 1.54) is 0 Å². The Morgan fingerprint density at radius 3 is 2.41 bits per heavy atom. The van der Waals surface area contributed by atoms with Crippen LogP contribution < -0.4 is 0 Å². The van der Waals surface area contributed by atoms with Crippen molar-refractivity contribution in [3.63, 3.8) is 0 Å². The molecule has 0 aromatic heterocycles. The molecule has 17 heavy (non-hydrogen) atoms. The summed E-state index contributed by atoms with van der Waals surface area (Å²) in [5.41, 5.74) is 0.845. The zero-order valence-electron chi connectivity index (χ0n) is 8.44. The third kappa shape index (κ3) is 5.65. The van der Waals surface area contributed by atoms with Crippen LogP contribution >= 0.6 is 50.7 Å². The molecule has 1 rings (SSSR count). The summed E-state index contributed by atoms with van der Waals surface area (Å²) in [6, 6.07) is 7.48. The van der Waals surface area contributed by atoms with Crippen molar-refractivity contribution in [2.24, 2.45) is 0 Å². The summed E-state index contributed by atoms with van der Waals surface area (Å²) in [6.45, 7) is 0.00278. The van der Waals surface area contributed by atoms with E-state index in [4.69, 9.17) is 44.9 Å². The Kier molecular flexibility index (Phi) is 5.61. The molecule has 0 spiro atoms. The molecule has 0 fully saturated rings. The van der Waals surface area contributed by atoms with Crippen LogP contribution in [0.5, 0.6) is 0 Å². The highest BCUT2D eigenvalue weighted by atomic mass is 79.9. The van der Waals surface area contributed by atoms with Crippen LogP contribution in [0.1, 0.15) is 5.56 Å². The number of hydrogen-bond acceptors (Lipinski definition) is 2. The van der Waals surface area contributed by atoms with Gasteiger partial charge in [0.15, 0.2) is 6.61 Å². The van der Waals surface area contributed by atoms with Gasteiger partial charge in [0.2, 0.25) is 5.90 Å². The fourth-order valence-electron chi connectivity index (χ4n) is 0.861. The summed E-state index contributed by atoms with van der Waals surface area (Å²) in [6.07, 6.45) is 0. The number of alkyl halides is 3. The van der Waals surface area contributed by atoms with Gasteiger partial charge in [-0.15, -0.1) is 0 Å². The Hall–Kier alpha value is -0.400. The summed E-state index contributed by atoms with van der Waals surface area (Å²) in [7, 11) is 0. The van der Waals surface area contributed by atoms with Gasteiger partial charge in [0.25, 0.3) is 3.79 Å². The lowest BCUT2D eigenvalue weighted by Crippen LogP contribution is -2.21. The molecule has 0 saturated heterocycles. The van der Waals surface area contributed by atoms with Crippen molar-refractivity contribution in [3.05, 3.63) is 34.3 Å². The molecular formula is C11H7BrCl3NO. The minimum absolute atomic E-state index is 0.00278. The fraction of sp³-hybridized carbons (Fsp3) is 0.182. The third-order valence-corrected chi connectivity index (χ3v) is 2.67. The van der Waals surface area contributed by atoms with Crippen LogP contribution in [0.25, 0.3) is 0 Å². The first kappa shape index (κ1) is 14.7.